The quantitative estimate of drug-likeness (QED) is 0.481. The molecule has 0 fully saturated rings. The maximum Gasteiger partial charge on any atom is 0.309 e. The van der Waals surface area contributed by atoms with Gasteiger partial charge in [-0.3, -0.25) is 9.59 Å². The van der Waals surface area contributed by atoms with Crippen molar-refractivity contribution in [2.75, 3.05) is 0 Å². The molecule has 0 aromatic rings. The first kappa shape index (κ1) is 23.9. The van der Waals surface area contributed by atoms with Crippen LogP contribution in [0.2, 0.25) is 0 Å². The summed E-state index contributed by atoms with van der Waals surface area (Å²) in [5, 5.41) is 9.21. The average molecular weight is 353 g/mol. The maximum absolute atomic E-state index is 13.1. The van der Waals surface area contributed by atoms with Crippen LogP contribution in [0.25, 0.3) is 0 Å². The molecule has 146 valence electrons. The number of hydrogen-bond acceptors (Lipinski definition) is 2. The molecule has 3 nitrogen and oxygen atoms in total. The first-order valence-corrected chi connectivity index (χ1v) is 9.39. The Morgan fingerprint density at radius 3 is 1.76 bits per heavy atom. The summed E-state index contributed by atoms with van der Waals surface area (Å²) in [6.07, 6.45) is 6.14. The Balaban J connectivity index is 5.13. The van der Waals surface area contributed by atoms with Crippen LogP contribution in [0, 0.1) is 27.6 Å². The van der Waals surface area contributed by atoms with Crippen LogP contribution in [-0.4, -0.2) is 16.9 Å². The highest BCUT2D eigenvalue weighted by atomic mass is 16.4. The van der Waals surface area contributed by atoms with Gasteiger partial charge in [-0.1, -0.05) is 67.5 Å². The molecule has 0 aliphatic rings. The van der Waals surface area contributed by atoms with Crippen LogP contribution in [0.1, 0.15) is 88.5 Å². The summed E-state index contributed by atoms with van der Waals surface area (Å²) in [7, 11) is 0. The van der Waals surface area contributed by atoms with Gasteiger partial charge in [0.1, 0.15) is 5.78 Å². The lowest BCUT2D eigenvalue weighted by Gasteiger charge is -2.38. The highest BCUT2D eigenvalue weighted by molar-refractivity contribution is 5.89. The summed E-state index contributed by atoms with van der Waals surface area (Å²) in [6, 6.07) is 0. The van der Waals surface area contributed by atoms with Crippen molar-refractivity contribution in [2.24, 2.45) is 27.6 Å². The number of aliphatic carboxylic acids is 1. The molecule has 0 amide bonds. The molecule has 0 rings (SSSR count). The highest BCUT2D eigenvalue weighted by Crippen LogP contribution is 2.42. The molecule has 0 saturated carbocycles. The molecule has 25 heavy (non-hydrogen) atoms. The number of rotatable bonds is 10. The van der Waals surface area contributed by atoms with Crippen LogP contribution < -0.4 is 0 Å². The van der Waals surface area contributed by atoms with E-state index < -0.39 is 16.8 Å². The van der Waals surface area contributed by atoms with Crippen LogP contribution >= 0.6 is 0 Å². The fourth-order valence-electron chi connectivity index (χ4n) is 4.07. The Bertz CT molecular complexity index is 505. The van der Waals surface area contributed by atoms with E-state index >= 15 is 0 Å². The molecular formula is C22H40O3. The second-order valence-corrected chi connectivity index (χ2v) is 10.7. The van der Waals surface area contributed by atoms with E-state index in [1.54, 1.807) is 13.8 Å². The van der Waals surface area contributed by atoms with Crippen molar-refractivity contribution in [1.29, 1.82) is 0 Å². The van der Waals surface area contributed by atoms with Crippen molar-refractivity contribution < 1.29 is 14.7 Å². The molecule has 3 heteroatoms. The van der Waals surface area contributed by atoms with Crippen molar-refractivity contribution in [1.82, 2.24) is 0 Å². The zero-order chi connectivity index (χ0) is 20.3. The number of Topliss-reactive ketones (excluding diaryl/α,β-unsaturated/α-hetero) is 1. The van der Waals surface area contributed by atoms with Crippen molar-refractivity contribution in [3.8, 4) is 0 Å². The zero-order valence-electron chi connectivity index (χ0n) is 18.1. The zero-order valence-corrected chi connectivity index (χ0v) is 18.1. The Kier molecular flexibility index (Phi) is 7.69. The minimum atomic E-state index is -0.791. The van der Waals surface area contributed by atoms with E-state index in [0.717, 1.165) is 12.8 Å². The molecule has 0 atom stereocenters. The van der Waals surface area contributed by atoms with Crippen molar-refractivity contribution in [3.63, 3.8) is 0 Å². The van der Waals surface area contributed by atoms with Gasteiger partial charge in [0.2, 0.25) is 0 Å². The van der Waals surface area contributed by atoms with Gasteiger partial charge in [-0.25, -0.2) is 0 Å². The molecule has 0 saturated heterocycles. The molecule has 0 aliphatic heterocycles. The fourth-order valence-corrected chi connectivity index (χ4v) is 4.07. The largest absolute Gasteiger partial charge is 0.481 e. The lowest BCUT2D eigenvalue weighted by molar-refractivity contribution is -0.146. The van der Waals surface area contributed by atoms with E-state index in [0.29, 0.717) is 18.1 Å². The summed E-state index contributed by atoms with van der Waals surface area (Å²) in [6.45, 7) is 20.2. The number of carboxylic acid groups (broad SMARTS) is 1. The first-order chi connectivity index (χ1) is 10.9. The molecule has 0 bridgehead atoms. The van der Waals surface area contributed by atoms with E-state index in [2.05, 4.69) is 47.6 Å². The van der Waals surface area contributed by atoms with Gasteiger partial charge in [0.25, 0.3) is 0 Å². The van der Waals surface area contributed by atoms with Crippen LogP contribution in [0.5, 0.6) is 0 Å². The van der Waals surface area contributed by atoms with E-state index in [1.807, 2.05) is 19.9 Å². The van der Waals surface area contributed by atoms with E-state index in [4.69, 9.17) is 0 Å². The Morgan fingerprint density at radius 1 is 0.880 bits per heavy atom. The van der Waals surface area contributed by atoms with Crippen molar-refractivity contribution in [2.45, 2.75) is 88.5 Å². The monoisotopic (exact) mass is 352 g/mol. The average Bonchev–Trinajstić information content (AvgIpc) is 2.33. The molecule has 0 aromatic carbocycles. The van der Waals surface area contributed by atoms with Gasteiger partial charge >= 0.3 is 5.97 Å². The van der Waals surface area contributed by atoms with E-state index in [9.17, 15) is 14.7 Å². The first-order valence-electron chi connectivity index (χ1n) is 9.39. The number of ketones is 1. The predicted molar refractivity (Wildman–Crippen MR) is 106 cm³/mol. The van der Waals surface area contributed by atoms with Gasteiger partial charge in [0.05, 0.1) is 5.41 Å². The Labute approximate surface area is 155 Å². The lowest BCUT2D eigenvalue weighted by atomic mass is 9.64. The normalized spacial score (nSPS) is 14.4. The minimum absolute atomic E-state index is 0.165. The summed E-state index contributed by atoms with van der Waals surface area (Å²) < 4.78 is 0. The lowest BCUT2D eigenvalue weighted by Crippen LogP contribution is -2.40. The second kappa shape index (κ2) is 8.05. The summed E-state index contributed by atoms with van der Waals surface area (Å²) >= 11 is 0. The van der Waals surface area contributed by atoms with Crippen LogP contribution in [0.3, 0.4) is 0 Å². The van der Waals surface area contributed by atoms with Gasteiger partial charge in [-0.05, 0) is 44.4 Å². The predicted octanol–water partition coefficient (Wildman–Crippen LogP) is 6.13. The number of allylic oxidation sites excluding steroid dienone is 2. The third-order valence-electron chi connectivity index (χ3n) is 4.82. The van der Waals surface area contributed by atoms with Crippen molar-refractivity contribution in [3.05, 3.63) is 12.2 Å². The van der Waals surface area contributed by atoms with Crippen LogP contribution in [0.15, 0.2) is 12.2 Å². The number of hydrogen-bond donors (Lipinski definition) is 1. The fraction of sp³-hybridized carbons (Fsp3) is 0.818. The number of carbonyl (C=O) groups excluding carboxylic acids is 1. The molecule has 0 radical (unpaired) electrons. The van der Waals surface area contributed by atoms with E-state index in [1.165, 1.54) is 0 Å². The SMILES string of the molecule is CC(C)CC(C)(C)C(=O)C(C)(C)CC(C)(C)/C=C\CC(C)(C)C(=O)O. The minimum Gasteiger partial charge on any atom is -0.481 e. The number of carboxylic acids is 1. The van der Waals surface area contributed by atoms with Gasteiger partial charge in [0.15, 0.2) is 0 Å². The molecule has 0 spiro atoms. The molecule has 0 aromatic heterocycles. The maximum atomic E-state index is 13.1. The van der Waals surface area contributed by atoms with Gasteiger partial charge < -0.3 is 5.11 Å². The Morgan fingerprint density at radius 2 is 1.36 bits per heavy atom. The molecule has 0 heterocycles. The van der Waals surface area contributed by atoms with Gasteiger partial charge in [0, 0.05) is 10.8 Å². The Hall–Kier alpha value is -1.12. The number of carbonyl (C=O) groups is 2. The third-order valence-corrected chi connectivity index (χ3v) is 4.82. The van der Waals surface area contributed by atoms with E-state index in [-0.39, 0.29) is 10.8 Å². The van der Waals surface area contributed by atoms with Crippen LogP contribution in [0.4, 0.5) is 0 Å². The third kappa shape index (κ3) is 7.75. The van der Waals surface area contributed by atoms with Crippen LogP contribution in [-0.2, 0) is 9.59 Å². The smallest absolute Gasteiger partial charge is 0.309 e. The standard InChI is InChI=1S/C22H40O3/c1-16(2)14-21(7,8)17(23)22(9,10)15-19(3,4)12-11-13-20(5,6)18(24)25/h11-12,16H,13-15H2,1-10H3,(H,24,25)/b12-11-. The summed E-state index contributed by atoms with van der Waals surface area (Å²) in [4.78, 5) is 24.3. The molecule has 0 unspecified atom stereocenters. The second-order valence-electron chi connectivity index (χ2n) is 10.7. The van der Waals surface area contributed by atoms with Crippen molar-refractivity contribution >= 4 is 11.8 Å². The summed E-state index contributed by atoms with van der Waals surface area (Å²) in [5.41, 5.74) is -1.68. The van der Waals surface area contributed by atoms with Gasteiger partial charge in [-0.15, -0.1) is 0 Å². The molecular weight excluding hydrogens is 312 g/mol. The molecule has 0 aliphatic carbocycles. The highest BCUT2D eigenvalue weighted by Gasteiger charge is 2.41. The van der Waals surface area contributed by atoms with Gasteiger partial charge in [-0.2, -0.15) is 0 Å². The topological polar surface area (TPSA) is 54.4 Å². The molecule has 1 N–H and O–H groups in total. The summed E-state index contributed by atoms with van der Waals surface area (Å²) in [5.74, 6) is 0.00263.